The number of nitrogens with one attached hydrogen (secondary N) is 1. The zero-order valence-electron chi connectivity index (χ0n) is 7.43. The van der Waals surface area contributed by atoms with Crippen molar-refractivity contribution in [3.05, 3.63) is 0 Å². The summed E-state index contributed by atoms with van der Waals surface area (Å²) in [5, 5.41) is 2.24. The first kappa shape index (κ1) is 13.5. The Kier molecular flexibility index (Phi) is 4.67. The monoisotopic (exact) mass is 233 g/mol. The van der Waals surface area contributed by atoms with E-state index in [1.165, 1.54) is 7.11 Å². The number of carbonyl (C=O) groups excluding carboxylic acids is 1. The second kappa shape index (κ2) is 4.84. The van der Waals surface area contributed by atoms with Crippen molar-refractivity contribution in [3.63, 3.8) is 0 Å². The molecule has 0 spiro atoms. The molecule has 14 heavy (non-hydrogen) atoms. The van der Waals surface area contributed by atoms with Crippen LogP contribution in [0.25, 0.3) is 0 Å². The van der Waals surface area contributed by atoms with Gasteiger partial charge in [-0.15, -0.1) is 12.4 Å². The SMILES string of the molecule is COC(=O)C1CNC(C(F)(F)F)C1.Cl. The first-order chi connectivity index (χ1) is 5.95. The van der Waals surface area contributed by atoms with Crippen LogP contribution in [0.1, 0.15) is 6.42 Å². The number of hydrogen-bond donors (Lipinski definition) is 1. The van der Waals surface area contributed by atoms with Crippen LogP contribution in [0.3, 0.4) is 0 Å². The topological polar surface area (TPSA) is 38.3 Å². The van der Waals surface area contributed by atoms with Gasteiger partial charge in [0.15, 0.2) is 0 Å². The fourth-order valence-electron chi connectivity index (χ4n) is 1.33. The van der Waals surface area contributed by atoms with Crippen LogP contribution < -0.4 is 5.32 Å². The van der Waals surface area contributed by atoms with Crippen LogP contribution in [0.5, 0.6) is 0 Å². The van der Waals surface area contributed by atoms with Crippen molar-refractivity contribution in [1.82, 2.24) is 5.32 Å². The Balaban J connectivity index is 0.00000169. The minimum Gasteiger partial charge on any atom is -0.469 e. The molecule has 2 unspecified atom stereocenters. The molecular weight excluding hydrogens is 223 g/mol. The average Bonchev–Trinajstić information content (AvgIpc) is 2.50. The molecule has 0 saturated carbocycles. The molecular formula is C7H11ClF3NO2. The van der Waals surface area contributed by atoms with E-state index < -0.39 is 24.1 Å². The maximum Gasteiger partial charge on any atom is 0.403 e. The summed E-state index contributed by atoms with van der Waals surface area (Å²) in [5.41, 5.74) is 0. The van der Waals surface area contributed by atoms with E-state index in [4.69, 9.17) is 0 Å². The zero-order chi connectivity index (χ0) is 10.1. The van der Waals surface area contributed by atoms with Crippen molar-refractivity contribution in [2.24, 2.45) is 5.92 Å². The highest BCUT2D eigenvalue weighted by atomic mass is 35.5. The summed E-state index contributed by atoms with van der Waals surface area (Å²) in [6.45, 7) is 0.0385. The third-order valence-corrected chi connectivity index (χ3v) is 2.06. The second-order valence-electron chi connectivity index (χ2n) is 2.96. The Bertz CT molecular complexity index is 210. The van der Waals surface area contributed by atoms with Gasteiger partial charge in [-0.3, -0.25) is 4.79 Å². The van der Waals surface area contributed by atoms with Gasteiger partial charge in [-0.25, -0.2) is 0 Å². The highest BCUT2D eigenvalue weighted by Gasteiger charge is 2.45. The van der Waals surface area contributed by atoms with Crippen LogP contribution in [-0.2, 0) is 9.53 Å². The number of carbonyl (C=O) groups is 1. The normalized spacial score (nSPS) is 26.9. The summed E-state index contributed by atoms with van der Waals surface area (Å²) < 4.78 is 40.6. The summed E-state index contributed by atoms with van der Waals surface area (Å²) in [5.74, 6) is -1.25. The van der Waals surface area contributed by atoms with Gasteiger partial charge >= 0.3 is 12.1 Å². The van der Waals surface area contributed by atoms with E-state index in [0.717, 1.165) is 0 Å². The van der Waals surface area contributed by atoms with Gasteiger partial charge in [0.2, 0.25) is 0 Å². The first-order valence-corrected chi connectivity index (χ1v) is 3.83. The highest BCUT2D eigenvalue weighted by Crippen LogP contribution is 2.29. The van der Waals surface area contributed by atoms with Crippen molar-refractivity contribution in [1.29, 1.82) is 0 Å². The minimum atomic E-state index is -4.28. The smallest absolute Gasteiger partial charge is 0.403 e. The predicted octanol–water partition coefficient (Wildman–Crippen LogP) is 1.12. The summed E-state index contributed by atoms with van der Waals surface area (Å²) in [6.07, 6.45) is -4.50. The van der Waals surface area contributed by atoms with Gasteiger partial charge < -0.3 is 10.1 Å². The second-order valence-corrected chi connectivity index (χ2v) is 2.96. The summed E-state index contributed by atoms with van der Waals surface area (Å²) in [6, 6.07) is -1.57. The van der Waals surface area contributed by atoms with Crippen LogP contribution in [0.4, 0.5) is 13.2 Å². The number of rotatable bonds is 1. The third kappa shape index (κ3) is 3.02. The maximum atomic E-state index is 12.1. The van der Waals surface area contributed by atoms with Crippen molar-refractivity contribution < 1.29 is 22.7 Å². The molecule has 1 aliphatic heterocycles. The summed E-state index contributed by atoms with van der Waals surface area (Å²) in [4.78, 5) is 10.9. The van der Waals surface area contributed by atoms with E-state index in [1.807, 2.05) is 0 Å². The molecule has 1 N–H and O–H groups in total. The quantitative estimate of drug-likeness (QED) is 0.690. The Labute approximate surface area is 85.4 Å². The Hall–Kier alpha value is -0.490. The molecule has 3 nitrogen and oxygen atoms in total. The molecule has 1 rings (SSSR count). The molecule has 84 valence electrons. The molecule has 0 amide bonds. The molecule has 7 heteroatoms. The number of esters is 1. The van der Waals surface area contributed by atoms with Crippen molar-refractivity contribution in [3.8, 4) is 0 Å². The van der Waals surface area contributed by atoms with Crippen LogP contribution in [0.15, 0.2) is 0 Å². The first-order valence-electron chi connectivity index (χ1n) is 3.83. The van der Waals surface area contributed by atoms with Gasteiger partial charge in [0, 0.05) is 6.54 Å². The maximum absolute atomic E-state index is 12.1. The van der Waals surface area contributed by atoms with E-state index in [1.54, 1.807) is 0 Å². The molecule has 0 aromatic rings. The molecule has 1 saturated heterocycles. The Morgan fingerprint density at radius 1 is 1.50 bits per heavy atom. The lowest BCUT2D eigenvalue weighted by molar-refractivity contribution is -0.154. The van der Waals surface area contributed by atoms with Crippen LogP contribution in [0.2, 0.25) is 0 Å². The van der Waals surface area contributed by atoms with Crippen LogP contribution in [-0.4, -0.2) is 31.8 Å². The van der Waals surface area contributed by atoms with Gasteiger partial charge in [-0.1, -0.05) is 0 Å². The summed E-state index contributed by atoms with van der Waals surface area (Å²) >= 11 is 0. The standard InChI is InChI=1S/C7H10F3NO2.ClH/c1-13-6(12)4-2-5(11-3-4)7(8,9)10;/h4-5,11H,2-3H2,1H3;1H. The van der Waals surface area contributed by atoms with Gasteiger partial charge in [0.25, 0.3) is 0 Å². The molecule has 0 aromatic carbocycles. The predicted molar refractivity (Wildman–Crippen MR) is 45.2 cm³/mol. The lowest BCUT2D eigenvalue weighted by Gasteiger charge is -2.13. The fourth-order valence-corrected chi connectivity index (χ4v) is 1.33. The molecule has 2 atom stereocenters. The van der Waals surface area contributed by atoms with Gasteiger partial charge in [0.1, 0.15) is 6.04 Å². The van der Waals surface area contributed by atoms with E-state index in [0.29, 0.717) is 0 Å². The number of hydrogen-bond acceptors (Lipinski definition) is 3. The van der Waals surface area contributed by atoms with Crippen molar-refractivity contribution in [2.75, 3.05) is 13.7 Å². The molecule has 1 aliphatic rings. The fraction of sp³-hybridized carbons (Fsp3) is 0.857. The van der Waals surface area contributed by atoms with Crippen LogP contribution in [0, 0.1) is 5.92 Å². The van der Waals surface area contributed by atoms with E-state index in [-0.39, 0.29) is 25.4 Å². The number of halogens is 4. The largest absolute Gasteiger partial charge is 0.469 e. The number of ether oxygens (including phenoxy) is 1. The molecule has 0 radical (unpaired) electrons. The van der Waals surface area contributed by atoms with Gasteiger partial charge in [-0.2, -0.15) is 13.2 Å². The molecule has 0 bridgehead atoms. The Morgan fingerprint density at radius 2 is 2.07 bits per heavy atom. The van der Waals surface area contributed by atoms with Gasteiger partial charge in [0.05, 0.1) is 13.0 Å². The molecule has 0 aromatic heterocycles. The number of alkyl halides is 3. The highest BCUT2D eigenvalue weighted by molar-refractivity contribution is 5.85. The van der Waals surface area contributed by atoms with Crippen molar-refractivity contribution >= 4 is 18.4 Å². The Morgan fingerprint density at radius 3 is 2.43 bits per heavy atom. The van der Waals surface area contributed by atoms with Crippen molar-refractivity contribution in [2.45, 2.75) is 18.6 Å². The zero-order valence-corrected chi connectivity index (χ0v) is 8.24. The summed E-state index contributed by atoms with van der Waals surface area (Å²) in [7, 11) is 1.17. The molecule has 0 aliphatic carbocycles. The number of methoxy groups -OCH3 is 1. The lowest BCUT2D eigenvalue weighted by atomic mass is 10.1. The van der Waals surface area contributed by atoms with E-state index in [2.05, 4.69) is 10.1 Å². The molecule has 1 heterocycles. The van der Waals surface area contributed by atoms with E-state index in [9.17, 15) is 18.0 Å². The minimum absolute atomic E-state index is 0. The third-order valence-electron chi connectivity index (χ3n) is 2.06. The van der Waals surface area contributed by atoms with E-state index >= 15 is 0 Å². The van der Waals surface area contributed by atoms with Gasteiger partial charge in [-0.05, 0) is 6.42 Å². The van der Waals surface area contributed by atoms with Crippen LogP contribution >= 0.6 is 12.4 Å². The lowest BCUT2D eigenvalue weighted by Crippen LogP contribution is -2.36. The average molecular weight is 234 g/mol. The molecule has 1 fully saturated rings.